The number of aliphatic hydroxyl groups excluding tert-OH is 1. The highest BCUT2D eigenvalue weighted by Crippen LogP contribution is 2.27. The number of rotatable bonds is 6. The average Bonchev–Trinajstić information content (AvgIpc) is 2.14. The van der Waals surface area contributed by atoms with Crippen molar-refractivity contribution in [1.82, 2.24) is 0 Å². The summed E-state index contributed by atoms with van der Waals surface area (Å²) in [5.41, 5.74) is 0.231. The molecule has 88 valence electrons. The lowest BCUT2D eigenvalue weighted by Crippen LogP contribution is -2.29. The Morgan fingerprint density at radius 1 is 1.07 bits per heavy atom. The van der Waals surface area contributed by atoms with E-state index in [0.717, 1.165) is 31.3 Å². The van der Waals surface area contributed by atoms with Crippen molar-refractivity contribution in [2.75, 3.05) is 0 Å². The highest BCUT2D eigenvalue weighted by atomic mass is 16.3. The monoisotopic (exact) mass is 212 g/mol. The first kappa shape index (κ1) is 14.2. The molecular formula is C13H24O2. The van der Waals surface area contributed by atoms with Gasteiger partial charge in [0.1, 0.15) is 0 Å². The zero-order chi connectivity index (χ0) is 11.9. The largest absolute Gasteiger partial charge is 0.513 e. The fourth-order valence-corrected chi connectivity index (χ4v) is 1.75. The van der Waals surface area contributed by atoms with Gasteiger partial charge < -0.3 is 10.2 Å². The molecule has 0 atom stereocenters. The fourth-order valence-electron chi connectivity index (χ4n) is 1.75. The number of hydrogen-bond acceptors (Lipinski definition) is 2. The van der Waals surface area contributed by atoms with Crippen molar-refractivity contribution in [3.05, 3.63) is 23.5 Å². The predicted octanol–water partition coefficient (Wildman–Crippen LogP) is 3.73. The molecule has 0 spiro atoms. The molecule has 2 heteroatoms. The normalized spacial score (nSPS) is 14.5. The fraction of sp³-hybridized carbons (Fsp3) is 0.692. The summed E-state index contributed by atoms with van der Waals surface area (Å²) in [5, 5.41) is 19.5. The molecule has 0 rings (SSSR count). The van der Waals surface area contributed by atoms with E-state index in [0.29, 0.717) is 0 Å². The molecule has 15 heavy (non-hydrogen) atoms. The highest BCUT2D eigenvalue weighted by molar-refractivity contribution is 5.20. The molecule has 0 bridgehead atoms. The lowest BCUT2D eigenvalue weighted by Gasteiger charge is -2.28. The van der Waals surface area contributed by atoms with Crippen molar-refractivity contribution >= 4 is 0 Å². The van der Waals surface area contributed by atoms with Crippen molar-refractivity contribution in [2.45, 2.75) is 59.0 Å². The van der Waals surface area contributed by atoms with Crippen LogP contribution in [0, 0.1) is 0 Å². The standard InChI is InChI=1S/C13H24O2/c1-5-9-13(15,10-6-2)11(3)7-8-12(4)14/h7-8,14-15H,5-6,9-10H2,1-4H3/b11-7+,12-8+. The van der Waals surface area contributed by atoms with E-state index in [2.05, 4.69) is 13.8 Å². The Bertz CT molecular complexity index is 229. The Kier molecular flexibility index (Phi) is 6.34. The molecule has 0 amide bonds. The SMILES string of the molecule is CCCC(O)(CCC)/C(C)=C/C=C(\C)O. The van der Waals surface area contributed by atoms with Crippen LogP contribution in [0.5, 0.6) is 0 Å². The molecular weight excluding hydrogens is 188 g/mol. The summed E-state index contributed by atoms with van der Waals surface area (Å²) in [6.07, 6.45) is 6.92. The zero-order valence-corrected chi connectivity index (χ0v) is 10.4. The van der Waals surface area contributed by atoms with Crippen molar-refractivity contribution in [3.63, 3.8) is 0 Å². The van der Waals surface area contributed by atoms with Gasteiger partial charge in [-0.1, -0.05) is 32.8 Å². The third kappa shape index (κ3) is 5.03. The average molecular weight is 212 g/mol. The van der Waals surface area contributed by atoms with Gasteiger partial charge in [-0.25, -0.2) is 0 Å². The van der Waals surface area contributed by atoms with Gasteiger partial charge in [-0.3, -0.25) is 0 Å². The van der Waals surface area contributed by atoms with Crippen LogP contribution in [-0.2, 0) is 0 Å². The summed E-state index contributed by atoms with van der Waals surface area (Å²) in [5.74, 6) is 0.268. The Hall–Kier alpha value is -0.760. The van der Waals surface area contributed by atoms with E-state index < -0.39 is 5.60 Å². The molecule has 2 nitrogen and oxygen atoms in total. The topological polar surface area (TPSA) is 40.5 Å². The predicted molar refractivity (Wildman–Crippen MR) is 64.9 cm³/mol. The Balaban J connectivity index is 4.75. The van der Waals surface area contributed by atoms with E-state index in [9.17, 15) is 5.11 Å². The minimum atomic E-state index is -0.699. The van der Waals surface area contributed by atoms with Crippen molar-refractivity contribution in [3.8, 4) is 0 Å². The minimum absolute atomic E-state index is 0.268. The molecule has 0 heterocycles. The zero-order valence-electron chi connectivity index (χ0n) is 10.4. The van der Waals surface area contributed by atoms with Gasteiger partial charge in [0, 0.05) is 0 Å². The van der Waals surface area contributed by atoms with Crippen molar-refractivity contribution < 1.29 is 10.2 Å². The van der Waals surface area contributed by atoms with Gasteiger partial charge in [0.25, 0.3) is 0 Å². The van der Waals surface area contributed by atoms with E-state index in [-0.39, 0.29) is 5.76 Å². The van der Waals surface area contributed by atoms with Gasteiger partial charge in [0.15, 0.2) is 0 Å². The first-order valence-electron chi connectivity index (χ1n) is 5.73. The second-order valence-corrected chi connectivity index (χ2v) is 4.19. The minimum Gasteiger partial charge on any atom is -0.513 e. The molecule has 0 aromatic carbocycles. The maximum atomic E-state index is 10.4. The van der Waals surface area contributed by atoms with E-state index in [1.54, 1.807) is 19.1 Å². The molecule has 0 aromatic rings. The van der Waals surface area contributed by atoms with Crippen LogP contribution in [0.25, 0.3) is 0 Å². The second kappa shape index (κ2) is 6.67. The van der Waals surface area contributed by atoms with Gasteiger partial charge in [0.05, 0.1) is 11.4 Å². The quantitative estimate of drug-likeness (QED) is 0.520. The Morgan fingerprint density at radius 3 is 1.87 bits per heavy atom. The first-order chi connectivity index (χ1) is 6.96. The maximum Gasteiger partial charge on any atom is 0.0891 e. The Labute approximate surface area is 93.3 Å². The smallest absolute Gasteiger partial charge is 0.0891 e. The molecule has 0 aliphatic heterocycles. The van der Waals surface area contributed by atoms with Crippen LogP contribution in [0.1, 0.15) is 53.4 Å². The molecule has 0 saturated carbocycles. The van der Waals surface area contributed by atoms with Crippen LogP contribution in [0.2, 0.25) is 0 Å². The van der Waals surface area contributed by atoms with Crippen LogP contribution in [0.4, 0.5) is 0 Å². The third-order valence-corrected chi connectivity index (χ3v) is 2.64. The summed E-state index contributed by atoms with van der Waals surface area (Å²) in [6.45, 7) is 7.69. The van der Waals surface area contributed by atoms with Crippen LogP contribution in [0.3, 0.4) is 0 Å². The van der Waals surface area contributed by atoms with Crippen molar-refractivity contribution in [2.24, 2.45) is 0 Å². The van der Waals surface area contributed by atoms with Crippen LogP contribution < -0.4 is 0 Å². The molecule has 0 unspecified atom stereocenters. The molecule has 0 aliphatic rings. The van der Waals surface area contributed by atoms with E-state index >= 15 is 0 Å². The Morgan fingerprint density at radius 2 is 1.53 bits per heavy atom. The van der Waals surface area contributed by atoms with Gasteiger partial charge in [-0.05, 0) is 38.3 Å². The highest BCUT2D eigenvalue weighted by Gasteiger charge is 2.26. The van der Waals surface area contributed by atoms with Crippen LogP contribution in [-0.4, -0.2) is 15.8 Å². The number of allylic oxidation sites excluding steroid dienone is 3. The molecule has 0 aliphatic carbocycles. The summed E-state index contributed by atoms with van der Waals surface area (Å²) in [6, 6.07) is 0. The van der Waals surface area contributed by atoms with E-state index in [4.69, 9.17) is 5.11 Å². The van der Waals surface area contributed by atoms with Gasteiger partial charge in [-0.15, -0.1) is 0 Å². The van der Waals surface area contributed by atoms with Crippen LogP contribution >= 0.6 is 0 Å². The summed E-state index contributed by atoms with van der Waals surface area (Å²) >= 11 is 0. The maximum absolute atomic E-state index is 10.4. The second-order valence-electron chi connectivity index (χ2n) is 4.19. The molecule has 0 fully saturated rings. The third-order valence-electron chi connectivity index (χ3n) is 2.64. The summed E-state index contributed by atoms with van der Waals surface area (Å²) in [7, 11) is 0. The molecule has 0 aromatic heterocycles. The lowest BCUT2D eigenvalue weighted by molar-refractivity contribution is 0.0583. The van der Waals surface area contributed by atoms with E-state index in [1.807, 2.05) is 6.92 Å². The van der Waals surface area contributed by atoms with Crippen molar-refractivity contribution in [1.29, 1.82) is 0 Å². The number of aliphatic hydroxyl groups is 2. The summed E-state index contributed by atoms with van der Waals surface area (Å²) < 4.78 is 0. The van der Waals surface area contributed by atoms with Gasteiger partial charge in [-0.2, -0.15) is 0 Å². The van der Waals surface area contributed by atoms with E-state index in [1.165, 1.54) is 0 Å². The summed E-state index contributed by atoms with van der Waals surface area (Å²) in [4.78, 5) is 0. The number of hydrogen-bond donors (Lipinski definition) is 2. The molecule has 0 saturated heterocycles. The first-order valence-corrected chi connectivity index (χ1v) is 5.73. The molecule has 0 radical (unpaired) electrons. The lowest BCUT2D eigenvalue weighted by atomic mass is 9.85. The van der Waals surface area contributed by atoms with Crippen LogP contribution in [0.15, 0.2) is 23.5 Å². The van der Waals surface area contributed by atoms with Gasteiger partial charge in [0.2, 0.25) is 0 Å². The van der Waals surface area contributed by atoms with Gasteiger partial charge >= 0.3 is 0 Å². The molecule has 2 N–H and O–H groups in total.